The topological polar surface area (TPSA) is 80.0 Å². The van der Waals surface area contributed by atoms with E-state index in [0.29, 0.717) is 18.5 Å². The highest BCUT2D eigenvalue weighted by molar-refractivity contribution is 9.10. The average Bonchev–Trinajstić information content (AvgIpc) is 3.09. The van der Waals surface area contributed by atoms with Crippen LogP contribution >= 0.6 is 15.9 Å². The lowest BCUT2D eigenvalue weighted by atomic mass is 10.1. The summed E-state index contributed by atoms with van der Waals surface area (Å²) >= 11 is 3.38. The molecular weight excluding hydrogens is 366 g/mol. The zero-order valence-electron chi connectivity index (χ0n) is 12.5. The van der Waals surface area contributed by atoms with E-state index >= 15 is 0 Å². The number of hydrogen-bond donors (Lipinski definition) is 1. The highest BCUT2D eigenvalue weighted by Gasteiger charge is 2.38. The predicted molar refractivity (Wildman–Crippen MR) is 86.4 cm³/mol. The maximum Gasteiger partial charge on any atom is 0.305 e. The fourth-order valence-electron chi connectivity index (χ4n) is 2.95. The number of hydrogen-bond acceptors (Lipinski definition) is 4. The maximum atomic E-state index is 12.7. The Morgan fingerprint density at radius 2 is 2.22 bits per heavy atom. The molecule has 1 saturated heterocycles. The number of carbonyl (C=O) groups is 2. The fraction of sp³-hybridized carbons (Fsp3) is 0.375. The molecule has 1 aliphatic heterocycles. The van der Waals surface area contributed by atoms with E-state index in [-0.39, 0.29) is 30.2 Å². The number of amides is 1. The summed E-state index contributed by atoms with van der Waals surface area (Å²) in [5, 5.41) is 9.86. The van der Waals surface area contributed by atoms with Crippen LogP contribution in [0.5, 0.6) is 0 Å². The molecule has 1 aliphatic rings. The summed E-state index contributed by atoms with van der Waals surface area (Å²) in [6, 6.07) is 6.79. The van der Waals surface area contributed by atoms with Crippen molar-refractivity contribution in [3.8, 4) is 0 Å². The smallest absolute Gasteiger partial charge is 0.305 e. The summed E-state index contributed by atoms with van der Waals surface area (Å²) in [4.78, 5) is 25.3. The molecule has 1 amide bonds. The molecule has 0 radical (unpaired) electrons. The quantitative estimate of drug-likeness (QED) is 0.880. The van der Waals surface area contributed by atoms with E-state index in [1.807, 2.05) is 12.1 Å². The van der Waals surface area contributed by atoms with Crippen LogP contribution in [-0.2, 0) is 9.53 Å². The summed E-state index contributed by atoms with van der Waals surface area (Å²) in [5.74, 6) is -1.02. The Labute approximate surface area is 141 Å². The number of aliphatic carboxylic acids is 1. The van der Waals surface area contributed by atoms with E-state index in [2.05, 4.69) is 15.9 Å². The predicted octanol–water partition coefficient (Wildman–Crippen LogP) is 2.90. The van der Waals surface area contributed by atoms with Crippen molar-refractivity contribution in [2.75, 3.05) is 13.7 Å². The van der Waals surface area contributed by atoms with E-state index in [9.17, 15) is 9.59 Å². The second-order valence-electron chi connectivity index (χ2n) is 5.60. The first-order valence-corrected chi connectivity index (χ1v) is 8.02. The van der Waals surface area contributed by atoms with Crippen LogP contribution in [0, 0.1) is 0 Å². The average molecular weight is 382 g/mol. The number of methoxy groups -OCH3 is 1. The van der Waals surface area contributed by atoms with E-state index in [4.69, 9.17) is 14.3 Å². The molecule has 2 unspecified atom stereocenters. The summed E-state index contributed by atoms with van der Waals surface area (Å²) in [5.41, 5.74) is 0.619. The van der Waals surface area contributed by atoms with E-state index in [1.165, 1.54) is 4.90 Å². The van der Waals surface area contributed by atoms with Crippen molar-refractivity contribution in [2.45, 2.75) is 25.0 Å². The summed E-state index contributed by atoms with van der Waals surface area (Å²) in [6.07, 6.45) is 0.263. The minimum absolute atomic E-state index is 0.0998. The van der Waals surface area contributed by atoms with Gasteiger partial charge in [0.2, 0.25) is 0 Å². The summed E-state index contributed by atoms with van der Waals surface area (Å²) < 4.78 is 11.8. The standard InChI is InChI=1S/C16H16BrNO5/c1-22-12-6-11(7-15(19)20)18(8-12)16(21)14-5-9-4-10(17)2-3-13(9)23-14/h2-5,11-12H,6-8H2,1H3,(H,19,20). The third-order valence-corrected chi connectivity index (χ3v) is 4.56. The first-order valence-electron chi connectivity index (χ1n) is 7.22. The van der Waals surface area contributed by atoms with Gasteiger partial charge in [0.15, 0.2) is 5.76 Å². The lowest BCUT2D eigenvalue weighted by molar-refractivity contribution is -0.138. The number of fused-ring (bicyclic) bond motifs is 1. The normalized spacial score (nSPS) is 21.0. The molecule has 1 aromatic carbocycles. The Balaban J connectivity index is 1.88. The molecule has 2 atom stereocenters. The van der Waals surface area contributed by atoms with Gasteiger partial charge in [-0.25, -0.2) is 0 Å². The molecule has 1 N–H and O–H groups in total. The first kappa shape index (κ1) is 16.0. The van der Waals surface area contributed by atoms with Crippen LogP contribution in [0.4, 0.5) is 0 Å². The summed E-state index contributed by atoms with van der Waals surface area (Å²) in [7, 11) is 1.56. The largest absolute Gasteiger partial charge is 0.481 e. The van der Waals surface area contributed by atoms with Gasteiger partial charge in [0, 0.05) is 29.6 Å². The maximum absolute atomic E-state index is 12.7. The molecule has 0 saturated carbocycles. The van der Waals surface area contributed by atoms with Gasteiger partial charge in [-0.15, -0.1) is 0 Å². The Hall–Kier alpha value is -1.86. The van der Waals surface area contributed by atoms with Gasteiger partial charge >= 0.3 is 5.97 Å². The van der Waals surface area contributed by atoms with Gasteiger partial charge in [-0.05, 0) is 30.7 Å². The van der Waals surface area contributed by atoms with Crippen LogP contribution in [0.15, 0.2) is 33.2 Å². The van der Waals surface area contributed by atoms with Gasteiger partial charge in [-0.3, -0.25) is 9.59 Å². The van der Waals surface area contributed by atoms with Crippen molar-refractivity contribution in [1.29, 1.82) is 0 Å². The summed E-state index contributed by atoms with van der Waals surface area (Å²) in [6.45, 7) is 0.369. The zero-order valence-corrected chi connectivity index (χ0v) is 14.1. The van der Waals surface area contributed by atoms with Crippen molar-refractivity contribution in [3.05, 3.63) is 34.5 Å². The fourth-order valence-corrected chi connectivity index (χ4v) is 3.33. The zero-order chi connectivity index (χ0) is 16.6. The van der Waals surface area contributed by atoms with Crippen LogP contribution in [0.1, 0.15) is 23.4 Å². The van der Waals surface area contributed by atoms with Gasteiger partial charge < -0.3 is 19.2 Å². The van der Waals surface area contributed by atoms with Crippen molar-refractivity contribution < 1.29 is 23.8 Å². The molecule has 1 aromatic heterocycles. The second-order valence-corrected chi connectivity index (χ2v) is 6.51. The lowest BCUT2D eigenvalue weighted by Crippen LogP contribution is -2.37. The van der Waals surface area contributed by atoms with Gasteiger partial charge in [0.25, 0.3) is 5.91 Å². The van der Waals surface area contributed by atoms with E-state index < -0.39 is 5.97 Å². The van der Waals surface area contributed by atoms with Gasteiger partial charge in [-0.2, -0.15) is 0 Å². The molecule has 23 heavy (non-hydrogen) atoms. The number of rotatable bonds is 4. The molecule has 0 aliphatic carbocycles. The van der Waals surface area contributed by atoms with Crippen molar-refractivity contribution in [3.63, 3.8) is 0 Å². The third-order valence-electron chi connectivity index (χ3n) is 4.07. The van der Waals surface area contributed by atoms with Crippen LogP contribution < -0.4 is 0 Å². The molecule has 0 bridgehead atoms. The lowest BCUT2D eigenvalue weighted by Gasteiger charge is -2.21. The Morgan fingerprint density at radius 1 is 1.43 bits per heavy atom. The van der Waals surface area contributed by atoms with Crippen LogP contribution in [0.2, 0.25) is 0 Å². The van der Waals surface area contributed by atoms with Crippen LogP contribution in [0.25, 0.3) is 11.0 Å². The molecular formula is C16H16BrNO5. The molecule has 1 fully saturated rings. The number of halogens is 1. The number of nitrogens with zero attached hydrogens (tertiary/aromatic N) is 1. The van der Waals surface area contributed by atoms with Crippen LogP contribution in [-0.4, -0.2) is 47.7 Å². The first-order chi connectivity index (χ1) is 11.0. The highest BCUT2D eigenvalue weighted by Crippen LogP contribution is 2.28. The number of furan rings is 1. The minimum Gasteiger partial charge on any atom is -0.481 e. The molecule has 7 heteroatoms. The van der Waals surface area contributed by atoms with Gasteiger partial charge in [0.05, 0.1) is 12.5 Å². The Morgan fingerprint density at radius 3 is 2.91 bits per heavy atom. The monoisotopic (exact) mass is 381 g/mol. The molecule has 122 valence electrons. The number of carbonyl (C=O) groups excluding carboxylic acids is 1. The SMILES string of the molecule is COC1CC(CC(=O)O)N(C(=O)c2cc3cc(Br)ccc3o2)C1. The van der Waals surface area contributed by atoms with Gasteiger partial charge in [-0.1, -0.05) is 15.9 Å². The molecule has 3 rings (SSSR count). The van der Waals surface area contributed by atoms with Crippen molar-refractivity contribution in [1.82, 2.24) is 4.90 Å². The number of ether oxygens (including phenoxy) is 1. The minimum atomic E-state index is -0.932. The highest BCUT2D eigenvalue weighted by atomic mass is 79.9. The number of likely N-dealkylation sites (tertiary alicyclic amines) is 1. The van der Waals surface area contributed by atoms with Gasteiger partial charge in [0.1, 0.15) is 5.58 Å². The van der Waals surface area contributed by atoms with E-state index in [0.717, 1.165) is 9.86 Å². The molecule has 2 heterocycles. The Bertz CT molecular complexity index is 756. The molecule has 6 nitrogen and oxygen atoms in total. The van der Waals surface area contributed by atoms with Crippen LogP contribution in [0.3, 0.4) is 0 Å². The second kappa shape index (κ2) is 6.33. The molecule has 0 spiro atoms. The van der Waals surface area contributed by atoms with E-state index in [1.54, 1.807) is 19.2 Å². The third kappa shape index (κ3) is 3.25. The Kier molecular flexibility index (Phi) is 4.41. The van der Waals surface area contributed by atoms with Crippen molar-refractivity contribution in [2.24, 2.45) is 0 Å². The van der Waals surface area contributed by atoms with Crippen molar-refractivity contribution >= 4 is 38.8 Å². The number of carboxylic acid groups (broad SMARTS) is 1. The number of benzene rings is 1. The number of carboxylic acids is 1. The molecule has 2 aromatic rings.